The zero-order chi connectivity index (χ0) is 12.0. The highest BCUT2D eigenvalue weighted by Gasteiger charge is 2.30. The first-order valence-electron chi connectivity index (χ1n) is 4.95. The van der Waals surface area contributed by atoms with E-state index in [-0.39, 0.29) is 0 Å². The fourth-order valence-corrected chi connectivity index (χ4v) is 2.97. The second kappa shape index (κ2) is 3.47. The molecule has 0 aliphatic carbocycles. The van der Waals surface area contributed by atoms with E-state index in [0.29, 0.717) is 4.70 Å². The molecule has 0 N–H and O–H groups in total. The maximum atomic E-state index is 12.6. The molecular formula is C13H6F3S. The first-order chi connectivity index (χ1) is 8.05. The highest BCUT2D eigenvalue weighted by atomic mass is 32.1. The molecule has 85 valence electrons. The summed E-state index contributed by atoms with van der Waals surface area (Å²) >= 11 is 1.36. The Morgan fingerprint density at radius 2 is 1.76 bits per heavy atom. The standard InChI is InChI=1S/C13H6F3S/c14-13(15,16)8-5-6-10-9-3-1-2-4-11(9)17-12(10)7-8/h1,3-7H. The van der Waals surface area contributed by atoms with Gasteiger partial charge < -0.3 is 0 Å². The third kappa shape index (κ3) is 1.69. The number of hydrogen-bond acceptors (Lipinski definition) is 1. The minimum absolute atomic E-state index is 0.597. The lowest BCUT2D eigenvalue weighted by Gasteiger charge is -2.05. The maximum absolute atomic E-state index is 12.6. The lowest BCUT2D eigenvalue weighted by molar-refractivity contribution is -0.137. The van der Waals surface area contributed by atoms with Gasteiger partial charge in [0, 0.05) is 20.2 Å². The van der Waals surface area contributed by atoms with Crippen LogP contribution in [0.25, 0.3) is 20.2 Å². The van der Waals surface area contributed by atoms with E-state index in [2.05, 4.69) is 6.07 Å². The zero-order valence-corrected chi connectivity index (χ0v) is 9.32. The molecule has 0 aliphatic heterocycles. The Balaban J connectivity index is 2.34. The lowest BCUT2D eigenvalue weighted by Crippen LogP contribution is -2.03. The highest BCUT2D eigenvalue weighted by molar-refractivity contribution is 7.25. The van der Waals surface area contributed by atoms with Crippen molar-refractivity contribution in [3.63, 3.8) is 0 Å². The predicted octanol–water partition coefficient (Wildman–Crippen LogP) is 4.87. The van der Waals surface area contributed by atoms with Crippen molar-refractivity contribution in [2.24, 2.45) is 0 Å². The van der Waals surface area contributed by atoms with Gasteiger partial charge >= 0.3 is 6.18 Å². The first kappa shape index (κ1) is 10.6. The van der Waals surface area contributed by atoms with Crippen molar-refractivity contribution in [1.29, 1.82) is 0 Å². The molecule has 1 radical (unpaired) electrons. The van der Waals surface area contributed by atoms with Crippen molar-refractivity contribution in [2.75, 3.05) is 0 Å². The van der Waals surface area contributed by atoms with E-state index in [1.54, 1.807) is 12.1 Å². The quantitative estimate of drug-likeness (QED) is 0.534. The number of fused-ring (bicyclic) bond motifs is 3. The molecule has 0 fully saturated rings. The molecule has 3 aromatic rings. The van der Waals surface area contributed by atoms with Gasteiger partial charge in [0.15, 0.2) is 0 Å². The second-order valence-corrected chi connectivity index (χ2v) is 4.82. The average Bonchev–Trinajstić information content (AvgIpc) is 2.65. The molecule has 0 bridgehead atoms. The predicted molar refractivity (Wildman–Crippen MR) is 63.2 cm³/mol. The molecule has 0 atom stereocenters. The smallest absolute Gasteiger partial charge is 0.166 e. The summed E-state index contributed by atoms with van der Waals surface area (Å²) in [4.78, 5) is 0. The fourth-order valence-electron chi connectivity index (χ4n) is 1.85. The maximum Gasteiger partial charge on any atom is 0.416 e. The number of thiophene rings is 1. The van der Waals surface area contributed by atoms with Crippen molar-refractivity contribution in [3.05, 3.63) is 48.0 Å². The Morgan fingerprint density at radius 1 is 1.00 bits per heavy atom. The molecule has 0 nitrogen and oxygen atoms in total. The largest absolute Gasteiger partial charge is 0.416 e. The average molecular weight is 251 g/mol. The number of alkyl halides is 3. The Labute approximate surface area is 99.3 Å². The monoisotopic (exact) mass is 251 g/mol. The Morgan fingerprint density at radius 3 is 2.53 bits per heavy atom. The van der Waals surface area contributed by atoms with Gasteiger partial charge in [-0.05, 0) is 24.3 Å². The van der Waals surface area contributed by atoms with Gasteiger partial charge in [0.25, 0.3) is 0 Å². The van der Waals surface area contributed by atoms with Crippen molar-refractivity contribution in [1.82, 2.24) is 0 Å². The highest BCUT2D eigenvalue weighted by Crippen LogP contribution is 2.37. The van der Waals surface area contributed by atoms with E-state index in [9.17, 15) is 13.2 Å². The molecular weight excluding hydrogens is 245 g/mol. The summed E-state index contributed by atoms with van der Waals surface area (Å²) in [5, 5.41) is 1.85. The zero-order valence-electron chi connectivity index (χ0n) is 8.51. The second-order valence-electron chi connectivity index (χ2n) is 3.73. The molecule has 0 unspecified atom stereocenters. The summed E-state index contributed by atoms with van der Waals surface area (Å²) in [5.74, 6) is 0. The minimum Gasteiger partial charge on any atom is -0.166 e. The topological polar surface area (TPSA) is 0 Å². The van der Waals surface area contributed by atoms with Crippen molar-refractivity contribution in [2.45, 2.75) is 6.18 Å². The molecule has 0 saturated carbocycles. The van der Waals surface area contributed by atoms with Crippen molar-refractivity contribution < 1.29 is 13.2 Å². The molecule has 1 aromatic heterocycles. The number of rotatable bonds is 0. The molecule has 17 heavy (non-hydrogen) atoms. The van der Waals surface area contributed by atoms with Crippen LogP contribution in [0.4, 0.5) is 13.2 Å². The van der Waals surface area contributed by atoms with Gasteiger partial charge in [-0.25, -0.2) is 0 Å². The Hall–Kier alpha value is -1.55. The fraction of sp³-hybridized carbons (Fsp3) is 0.0769. The van der Waals surface area contributed by atoms with Crippen LogP contribution < -0.4 is 0 Å². The third-order valence-electron chi connectivity index (χ3n) is 2.65. The molecule has 0 aliphatic rings. The SMILES string of the molecule is FC(F)(F)c1ccc2c(c1)sc1c[c]ccc12. The summed E-state index contributed by atoms with van der Waals surface area (Å²) in [6.45, 7) is 0. The lowest BCUT2D eigenvalue weighted by atomic mass is 10.1. The Bertz CT molecular complexity index is 695. The summed E-state index contributed by atoms with van der Waals surface area (Å²) in [6.07, 6.45) is -4.28. The van der Waals surface area contributed by atoms with Crippen LogP contribution in [0.15, 0.2) is 36.4 Å². The van der Waals surface area contributed by atoms with Crippen LogP contribution in [-0.4, -0.2) is 0 Å². The third-order valence-corrected chi connectivity index (χ3v) is 3.76. The van der Waals surface area contributed by atoms with Crippen LogP contribution in [0.2, 0.25) is 0 Å². The van der Waals surface area contributed by atoms with Crippen molar-refractivity contribution in [3.8, 4) is 0 Å². The van der Waals surface area contributed by atoms with E-state index in [1.165, 1.54) is 23.5 Å². The summed E-state index contributed by atoms with van der Waals surface area (Å²) < 4.78 is 39.3. The van der Waals surface area contributed by atoms with Crippen LogP contribution >= 0.6 is 11.3 Å². The number of benzene rings is 2. The molecule has 3 rings (SSSR count). The van der Waals surface area contributed by atoms with E-state index >= 15 is 0 Å². The summed E-state index contributed by atoms with van der Waals surface area (Å²) in [6, 6.07) is 12.3. The number of halogens is 3. The van der Waals surface area contributed by atoms with Gasteiger partial charge in [0.05, 0.1) is 5.56 Å². The molecule has 0 saturated heterocycles. The van der Waals surface area contributed by atoms with E-state index in [0.717, 1.165) is 21.5 Å². The minimum atomic E-state index is -4.28. The van der Waals surface area contributed by atoms with Crippen LogP contribution in [0.5, 0.6) is 0 Å². The van der Waals surface area contributed by atoms with Crippen LogP contribution in [0.1, 0.15) is 5.56 Å². The van der Waals surface area contributed by atoms with Gasteiger partial charge in [-0.2, -0.15) is 13.2 Å². The molecule has 0 amide bonds. The molecule has 4 heteroatoms. The first-order valence-corrected chi connectivity index (χ1v) is 5.77. The molecule has 2 aromatic carbocycles. The van der Waals surface area contributed by atoms with Crippen molar-refractivity contribution >= 4 is 31.5 Å². The van der Waals surface area contributed by atoms with Crippen LogP contribution in [-0.2, 0) is 6.18 Å². The van der Waals surface area contributed by atoms with E-state index in [4.69, 9.17) is 0 Å². The molecule has 1 heterocycles. The van der Waals surface area contributed by atoms with Gasteiger partial charge in [0.2, 0.25) is 0 Å². The normalized spacial score (nSPS) is 12.4. The van der Waals surface area contributed by atoms with E-state index < -0.39 is 11.7 Å². The van der Waals surface area contributed by atoms with Gasteiger partial charge in [-0.15, -0.1) is 11.3 Å². The van der Waals surface area contributed by atoms with Crippen LogP contribution in [0.3, 0.4) is 0 Å². The van der Waals surface area contributed by atoms with Gasteiger partial charge in [-0.3, -0.25) is 0 Å². The van der Waals surface area contributed by atoms with Gasteiger partial charge in [0.1, 0.15) is 0 Å². The summed E-state index contributed by atoms with van der Waals surface area (Å²) in [7, 11) is 0. The molecule has 0 spiro atoms. The Kier molecular flexibility index (Phi) is 2.16. The van der Waals surface area contributed by atoms with Gasteiger partial charge in [-0.1, -0.05) is 18.2 Å². The number of hydrogen-bond donors (Lipinski definition) is 0. The van der Waals surface area contributed by atoms with E-state index in [1.807, 2.05) is 6.07 Å². The van der Waals surface area contributed by atoms with Crippen LogP contribution in [0, 0.1) is 6.07 Å². The summed E-state index contributed by atoms with van der Waals surface area (Å²) in [5.41, 5.74) is -0.597.